The number of aromatic amines is 1. The lowest BCUT2D eigenvalue weighted by Crippen LogP contribution is -2.25. The van der Waals surface area contributed by atoms with E-state index in [1.54, 1.807) is 12.1 Å². The molecule has 0 bridgehead atoms. The molecule has 0 saturated carbocycles. The molecule has 2 aromatic rings. The van der Waals surface area contributed by atoms with Crippen molar-refractivity contribution in [2.24, 2.45) is 0 Å². The van der Waals surface area contributed by atoms with Crippen LogP contribution in [0.4, 0.5) is 8.78 Å². The van der Waals surface area contributed by atoms with Crippen molar-refractivity contribution in [1.29, 1.82) is 0 Å². The summed E-state index contributed by atoms with van der Waals surface area (Å²) in [4.78, 5) is 4.02. The van der Waals surface area contributed by atoms with Gasteiger partial charge >= 0.3 is 0 Å². The van der Waals surface area contributed by atoms with E-state index in [0.29, 0.717) is 12.4 Å². The zero-order chi connectivity index (χ0) is 13.8. The van der Waals surface area contributed by atoms with E-state index < -0.39 is 17.7 Å². The molecule has 0 amide bonds. The third-order valence-corrected chi connectivity index (χ3v) is 2.92. The molecule has 102 valence electrons. The van der Waals surface area contributed by atoms with E-state index in [4.69, 9.17) is 0 Å². The highest BCUT2D eigenvalue weighted by molar-refractivity contribution is 5.31. The highest BCUT2D eigenvalue weighted by Crippen LogP contribution is 2.25. The van der Waals surface area contributed by atoms with Gasteiger partial charge in [0.15, 0.2) is 11.6 Å². The largest absolute Gasteiger partial charge is 0.304 e. The first kappa shape index (κ1) is 13.6. The van der Waals surface area contributed by atoms with Gasteiger partial charge in [0.1, 0.15) is 12.2 Å². The van der Waals surface area contributed by atoms with Crippen molar-refractivity contribution in [3.05, 3.63) is 47.0 Å². The molecule has 0 radical (unpaired) electrons. The Kier molecular flexibility index (Phi) is 4.21. The summed E-state index contributed by atoms with van der Waals surface area (Å²) in [7, 11) is 0. The Labute approximate surface area is 110 Å². The van der Waals surface area contributed by atoms with E-state index in [1.165, 1.54) is 13.3 Å². The molecule has 6 heteroatoms. The monoisotopic (exact) mass is 266 g/mol. The first-order valence-corrected chi connectivity index (χ1v) is 6.18. The fourth-order valence-corrected chi connectivity index (χ4v) is 1.88. The van der Waals surface area contributed by atoms with Gasteiger partial charge in [-0.3, -0.25) is 5.10 Å². The van der Waals surface area contributed by atoms with Gasteiger partial charge in [-0.15, -0.1) is 0 Å². The number of aromatic nitrogens is 3. The molecule has 1 unspecified atom stereocenters. The Morgan fingerprint density at radius 1 is 1.32 bits per heavy atom. The summed E-state index contributed by atoms with van der Waals surface area (Å²) >= 11 is 0. The van der Waals surface area contributed by atoms with Gasteiger partial charge in [0.2, 0.25) is 0 Å². The van der Waals surface area contributed by atoms with Crippen LogP contribution in [0, 0.1) is 18.6 Å². The fraction of sp³-hybridized carbons (Fsp3) is 0.385. The van der Waals surface area contributed by atoms with Crippen molar-refractivity contribution >= 4 is 0 Å². The van der Waals surface area contributed by atoms with Crippen LogP contribution in [0.5, 0.6) is 0 Å². The SMILES string of the molecule is CCCNC(c1ncn[nH]1)c1ccc(C)c(F)c1F. The van der Waals surface area contributed by atoms with Crippen LogP contribution in [0.25, 0.3) is 0 Å². The van der Waals surface area contributed by atoms with Gasteiger partial charge < -0.3 is 5.32 Å². The number of hydrogen-bond donors (Lipinski definition) is 2. The van der Waals surface area contributed by atoms with E-state index in [-0.39, 0.29) is 11.1 Å². The van der Waals surface area contributed by atoms with Crippen LogP contribution in [-0.4, -0.2) is 21.7 Å². The van der Waals surface area contributed by atoms with E-state index in [2.05, 4.69) is 20.5 Å². The molecule has 0 aliphatic rings. The molecule has 1 aromatic heterocycles. The lowest BCUT2D eigenvalue weighted by molar-refractivity contribution is 0.471. The average Bonchev–Trinajstić information content (AvgIpc) is 2.92. The number of aryl methyl sites for hydroxylation is 1. The lowest BCUT2D eigenvalue weighted by Gasteiger charge is -2.17. The Bertz CT molecular complexity index is 540. The summed E-state index contributed by atoms with van der Waals surface area (Å²) in [5, 5.41) is 9.58. The zero-order valence-electron chi connectivity index (χ0n) is 10.9. The van der Waals surface area contributed by atoms with Crippen molar-refractivity contribution < 1.29 is 8.78 Å². The molecule has 0 fully saturated rings. The lowest BCUT2D eigenvalue weighted by atomic mass is 10.0. The molecule has 4 nitrogen and oxygen atoms in total. The molecular formula is C13H16F2N4. The Balaban J connectivity index is 2.41. The number of nitrogens with zero attached hydrogens (tertiary/aromatic N) is 2. The standard InChI is InChI=1S/C13H16F2N4/c1-3-6-16-12(13-17-7-18-19-13)9-5-4-8(2)10(14)11(9)15/h4-5,7,12,16H,3,6H2,1-2H3,(H,17,18,19). The summed E-state index contributed by atoms with van der Waals surface area (Å²) in [6.45, 7) is 4.20. The molecule has 0 aliphatic carbocycles. The number of halogens is 2. The van der Waals surface area contributed by atoms with Crippen molar-refractivity contribution in [3.63, 3.8) is 0 Å². The number of H-pyrrole nitrogens is 1. The minimum absolute atomic E-state index is 0.230. The van der Waals surface area contributed by atoms with Gasteiger partial charge in [-0.05, 0) is 25.5 Å². The smallest absolute Gasteiger partial charge is 0.164 e. The van der Waals surface area contributed by atoms with Crippen molar-refractivity contribution in [2.45, 2.75) is 26.3 Å². The minimum atomic E-state index is -0.843. The third-order valence-electron chi connectivity index (χ3n) is 2.92. The maximum atomic E-state index is 14.1. The van der Waals surface area contributed by atoms with Crippen LogP contribution < -0.4 is 5.32 Å². The van der Waals surface area contributed by atoms with E-state index in [9.17, 15) is 8.78 Å². The summed E-state index contributed by atoms with van der Waals surface area (Å²) < 4.78 is 27.7. The fourth-order valence-electron chi connectivity index (χ4n) is 1.88. The highest BCUT2D eigenvalue weighted by Gasteiger charge is 2.22. The highest BCUT2D eigenvalue weighted by atomic mass is 19.2. The molecule has 1 heterocycles. The Hall–Kier alpha value is -1.82. The maximum absolute atomic E-state index is 14.1. The summed E-state index contributed by atoms with van der Waals surface area (Å²) in [6.07, 6.45) is 2.22. The maximum Gasteiger partial charge on any atom is 0.164 e. The molecule has 19 heavy (non-hydrogen) atoms. The molecule has 2 rings (SSSR count). The van der Waals surface area contributed by atoms with E-state index in [1.807, 2.05) is 6.92 Å². The summed E-state index contributed by atoms with van der Waals surface area (Å²) in [5.41, 5.74) is 0.515. The van der Waals surface area contributed by atoms with Gasteiger partial charge in [0.05, 0.1) is 6.04 Å². The first-order valence-electron chi connectivity index (χ1n) is 6.18. The quantitative estimate of drug-likeness (QED) is 0.874. The number of benzene rings is 1. The number of nitrogens with one attached hydrogen (secondary N) is 2. The van der Waals surface area contributed by atoms with Crippen molar-refractivity contribution in [1.82, 2.24) is 20.5 Å². The summed E-state index contributed by atoms with van der Waals surface area (Å²) in [6, 6.07) is 2.60. The van der Waals surface area contributed by atoms with Crippen LogP contribution >= 0.6 is 0 Å². The molecule has 0 saturated heterocycles. The van der Waals surface area contributed by atoms with Crippen LogP contribution in [0.15, 0.2) is 18.5 Å². The summed E-state index contributed by atoms with van der Waals surface area (Å²) in [5.74, 6) is -1.19. The van der Waals surface area contributed by atoms with Crippen molar-refractivity contribution in [3.8, 4) is 0 Å². The topological polar surface area (TPSA) is 53.6 Å². The number of hydrogen-bond acceptors (Lipinski definition) is 3. The Morgan fingerprint density at radius 2 is 2.11 bits per heavy atom. The van der Waals surface area contributed by atoms with Gasteiger partial charge in [-0.25, -0.2) is 13.8 Å². The second-order valence-electron chi connectivity index (χ2n) is 4.36. The second kappa shape index (κ2) is 5.88. The van der Waals surface area contributed by atoms with Gasteiger partial charge in [0.25, 0.3) is 0 Å². The Morgan fingerprint density at radius 3 is 2.74 bits per heavy atom. The predicted octanol–water partition coefficient (Wildman–Crippen LogP) is 2.48. The molecule has 1 aromatic carbocycles. The molecule has 2 N–H and O–H groups in total. The van der Waals surface area contributed by atoms with E-state index in [0.717, 1.165) is 6.42 Å². The van der Waals surface area contributed by atoms with Crippen LogP contribution in [0.1, 0.15) is 36.3 Å². The third kappa shape index (κ3) is 2.78. The van der Waals surface area contributed by atoms with Gasteiger partial charge in [-0.1, -0.05) is 19.1 Å². The molecule has 0 spiro atoms. The van der Waals surface area contributed by atoms with Crippen molar-refractivity contribution in [2.75, 3.05) is 6.54 Å². The minimum Gasteiger partial charge on any atom is -0.304 e. The predicted molar refractivity (Wildman–Crippen MR) is 67.6 cm³/mol. The van der Waals surface area contributed by atoms with Crippen LogP contribution in [0.3, 0.4) is 0 Å². The molecule has 0 aliphatic heterocycles. The zero-order valence-corrected chi connectivity index (χ0v) is 10.9. The average molecular weight is 266 g/mol. The number of rotatable bonds is 5. The van der Waals surface area contributed by atoms with Gasteiger partial charge in [-0.2, -0.15) is 5.10 Å². The first-order chi connectivity index (χ1) is 9.15. The second-order valence-corrected chi connectivity index (χ2v) is 4.36. The molecular weight excluding hydrogens is 250 g/mol. The molecule has 1 atom stereocenters. The van der Waals surface area contributed by atoms with Gasteiger partial charge in [0, 0.05) is 5.56 Å². The van der Waals surface area contributed by atoms with E-state index >= 15 is 0 Å². The van der Waals surface area contributed by atoms with Crippen LogP contribution in [-0.2, 0) is 0 Å². The normalized spacial score (nSPS) is 12.6. The van der Waals surface area contributed by atoms with Crippen LogP contribution in [0.2, 0.25) is 0 Å².